The highest BCUT2D eigenvalue weighted by atomic mass is 32.2. The lowest BCUT2D eigenvalue weighted by Crippen LogP contribution is -2.26. The van der Waals surface area contributed by atoms with E-state index in [0.717, 1.165) is 0 Å². The Morgan fingerprint density at radius 2 is 1.40 bits per heavy atom. The summed E-state index contributed by atoms with van der Waals surface area (Å²) in [5.74, 6) is 0. The molecule has 6 nitrogen and oxygen atoms in total. The number of carbonyl (C=O) groups is 2. The lowest BCUT2D eigenvalue weighted by atomic mass is 10.5. The van der Waals surface area contributed by atoms with Crippen LogP contribution in [0.4, 0.5) is 9.59 Å². The van der Waals surface area contributed by atoms with E-state index in [1.54, 1.807) is 0 Å². The highest BCUT2D eigenvalue weighted by Crippen LogP contribution is 2.52. The van der Waals surface area contributed by atoms with Gasteiger partial charge in [-0.15, -0.1) is 0 Å². The Balaban J connectivity index is 2.65. The zero-order valence-corrected chi connectivity index (χ0v) is 9.63. The average molecular weight is 254 g/mol. The number of carboxylic acid groups (broad SMARTS) is 2. The van der Waals surface area contributed by atoms with Gasteiger partial charge in [0.2, 0.25) is 0 Å². The topological polar surface area (TPSA) is 93.1 Å². The Bertz CT molecular complexity index is 253. The van der Waals surface area contributed by atoms with Gasteiger partial charge in [-0.05, 0) is 13.8 Å². The maximum atomic E-state index is 10.3. The lowest BCUT2D eigenvalue weighted by molar-refractivity contribution is 0.0256. The molecule has 1 aliphatic heterocycles. The molecule has 0 radical (unpaired) electrons. The van der Waals surface area contributed by atoms with Gasteiger partial charge in [0.1, 0.15) is 0 Å². The summed E-state index contributed by atoms with van der Waals surface area (Å²) in [6, 6.07) is 0. The first-order valence-electron chi connectivity index (χ1n) is 3.95. The highest BCUT2D eigenvalue weighted by Gasteiger charge is 2.45. The molecule has 0 amide bonds. The lowest BCUT2D eigenvalue weighted by Gasteiger charge is -2.14. The number of ether oxygens (including phenoxy) is 2. The van der Waals surface area contributed by atoms with Crippen LogP contribution in [0.1, 0.15) is 13.8 Å². The van der Waals surface area contributed by atoms with E-state index < -0.39 is 23.2 Å². The van der Waals surface area contributed by atoms with Crippen molar-refractivity contribution in [3.63, 3.8) is 0 Å². The van der Waals surface area contributed by atoms with Gasteiger partial charge in [-0.25, -0.2) is 9.59 Å². The standard InChI is InChI=1S/C7H10O6S2/c1-7(2)14-3(12-5(8)9)4(15-7)13-6(10)11/h3-4H,1-2H3,(H,8,9)(H,10,11). The number of rotatable bonds is 2. The predicted molar refractivity (Wildman–Crippen MR) is 55.1 cm³/mol. The van der Waals surface area contributed by atoms with Crippen LogP contribution in [0.25, 0.3) is 0 Å². The zero-order chi connectivity index (χ0) is 11.6. The Morgan fingerprint density at radius 3 is 1.67 bits per heavy atom. The quantitative estimate of drug-likeness (QED) is 0.725. The summed E-state index contributed by atoms with van der Waals surface area (Å²) < 4.78 is 8.73. The van der Waals surface area contributed by atoms with Crippen LogP contribution < -0.4 is 0 Å². The van der Waals surface area contributed by atoms with Crippen LogP contribution in [0.3, 0.4) is 0 Å². The van der Waals surface area contributed by atoms with Crippen molar-refractivity contribution in [3.8, 4) is 0 Å². The van der Waals surface area contributed by atoms with Gasteiger partial charge in [0, 0.05) is 0 Å². The molecule has 1 heterocycles. The van der Waals surface area contributed by atoms with E-state index in [9.17, 15) is 9.59 Å². The Hall–Kier alpha value is -0.760. The van der Waals surface area contributed by atoms with Crippen LogP contribution in [0, 0.1) is 0 Å². The molecule has 15 heavy (non-hydrogen) atoms. The minimum Gasteiger partial charge on any atom is -0.450 e. The average Bonchev–Trinajstić information content (AvgIpc) is 2.22. The molecule has 2 unspecified atom stereocenters. The molecule has 0 bridgehead atoms. The number of thioether (sulfide) groups is 2. The molecule has 1 rings (SSSR count). The van der Waals surface area contributed by atoms with Crippen molar-refractivity contribution in [1.82, 2.24) is 0 Å². The largest absolute Gasteiger partial charge is 0.507 e. The van der Waals surface area contributed by atoms with Gasteiger partial charge in [0.15, 0.2) is 10.9 Å². The second-order valence-corrected chi connectivity index (χ2v) is 6.84. The summed E-state index contributed by atoms with van der Waals surface area (Å²) in [6.07, 6.45) is -2.88. The molecule has 0 aromatic heterocycles. The van der Waals surface area contributed by atoms with E-state index in [2.05, 4.69) is 9.47 Å². The molecule has 1 fully saturated rings. The second-order valence-electron chi connectivity index (χ2n) is 3.14. The predicted octanol–water partition coefficient (Wildman–Crippen LogP) is 2.24. The number of hydrogen-bond acceptors (Lipinski definition) is 6. The van der Waals surface area contributed by atoms with Crippen molar-refractivity contribution < 1.29 is 29.3 Å². The maximum Gasteiger partial charge on any atom is 0.507 e. The van der Waals surface area contributed by atoms with Crippen LogP contribution in [-0.4, -0.2) is 37.5 Å². The maximum absolute atomic E-state index is 10.3. The first kappa shape index (κ1) is 12.3. The smallest absolute Gasteiger partial charge is 0.450 e. The van der Waals surface area contributed by atoms with E-state index in [-0.39, 0.29) is 4.08 Å². The molecule has 8 heteroatoms. The van der Waals surface area contributed by atoms with Crippen LogP contribution in [0.15, 0.2) is 0 Å². The minimum absolute atomic E-state index is 0.333. The molecule has 86 valence electrons. The molecule has 2 N–H and O–H groups in total. The summed E-state index contributed by atoms with van der Waals surface area (Å²) in [7, 11) is 0. The molecule has 0 spiro atoms. The third kappa shape index (κ3) is 3.71. The highest BCUT2D eigenvalue weighted by molar-refractivity contribution is 8.21. The van der Waals surface area contributed by atoms with Crippen LogP contribution in [0.5, 0.6) is 0 Å². The Kier molecular flexibility index (Phi) is 3.61. The van der Waals surface area contributed by atoms with Crippen molar-refractivity contribution in [2.75, 3.05) is 0 Å². The molecule has 1 aliphatic rings. The molecular formula is C7H10O6S2. The molecule has 1 saturated heterocycles. The van der Waals surface area contributed by atoms with Crippen molar-refractivity contribution in [2.45, 2.75) is 28.8 Å². The normalized spacial score (nSPS) is 28.4. The zero-order valence-electron chi connectivity index (χ0n) is 8.00. The van der Waals surface area contributed by atoms with E-state index in [1.807, 2.05) is 13.8 Å². The number of hydrogen-bond donors (Lipinski definition) is 2. The minimum atomic E-state index is -1.44. The van der Waals surface area contributed by atoms with Crippen molar-refractivity contribution >= 4 is 35.8 Å². The first-order valence-corrected chi connectivity index (χ1v) is 5.71. The fourth-order valence-electron chi connectivity index (χ4n) is 1.06. The fourth-order valence-corrected chi connectivity index (χ4v) is 3.89. The van der Waals surface area contributed by atoms with E-state index in [1.165, 1.54) is 23.5 Å². The van der Waals surface area contributed by atoms with Gasteiger partial charge in [-0.3, -0.25) is 0 Å². The fraction of sp³-hybridized carbons (Fsp3) is 0.714. The molecular weight excluding hydrogens is 244 g/mol. The van der Waals surface area contributed by atoms with Crippen molar-refractivity contribution in [2.24, 2.45) is 0 Å². The summed E-state index contributed by atoms with van der Waals surface area (Å²) in [6.45, 7) is 3.68. The summed E-state index contributed by atoms with van der Waals surface area (Å²) in [5, 5.41) is 16.9. The summed E-state index contributed by atoms with van der Waals surface area (Å²) >= 11 is 2.44. The van der Waals surface area contributed by atoms with Gasteiger partial charge < -0.3 is 19.7 Å². The van der Waals surface area contributed by atoms with Gasteiger partial charge in [0.05, 0.1) is 4.08 Å². The van der Waals surface area contributed by atoms with Crippen LogP contribution >= 0.6 is 23.5 Å². The SMILES string of the molecule is CC1(C)SC(OC(=O)O)C(OC(=O)O)S1. The van der Waals surface area contributed by atoms with Crippen molar-refractivity contribution in [3.05, 3.63) is 0 Å². The van der Waals surface area contributed by atoms with Crippen molar-refractivity contribution in [1.29, 1.82) is 0 Å². The summed E-state index contributed by atoms with van der Waals surface area (Å²) in [5.41, 5.74) is -1.64. The summed E-state index contributed by atoms with van der Waals surface area (Å²) in [4.78, 5) is 20.7. The van der Waals surface area contributed by atoms with Crippen LogP contribution in [-0.2, 0) is 9.47 Å². The molecule has 2 atom stereocenters. The Morgan fingerprint density at radius 1 is 1.07 bits per heavy atom. The third-order valence-corrected chi connectivity index (χ3v) is 4.49. The van der Waals surface area contributed by atoms with Gasteiger partial charge in [0.25, 0.3) is 0 Å². The third-order valence-electron chi connectivity index (χ3n) is 1.46. The first-order chi connectivity index (χ1) is 6.80. The molecule has 0 saturated carbocycles. The van der Waals surface area contributed by atoms with Crippen LogP contribution in [0.2, 0.25) is 0 Å². The van der Waals surface area contributed by atoms with Gasteiger partial charge >= 0.3 is 12.3 Å². The van der Waals surface area contributed by atoms with E-state index in [4.69, 9.17) is 10.2 Å². The monoisotopic (exact) mass is 254 g/mol. The van der Waals surface area contributed by atoms with E-state index in [0.29, 0.717) is 0 Å². The van der Waals surface area contributed by atoms with Gasteiger partial charge in [-0.1, -0.05) is 23.5 Å². The molecule has 0 aliphatic carbocycles. The Labute approximate surface area is 94.3 Å². The molecule has 0 aromatic rings. The van der Waals surface area contributed by atoms with Gasteiger partial charge in [-0.2, -0.15) is 0 Å². The molecule has 0 aromatic carbocycles. The second kappa shape index (κ2) is 4.40. The van der Waals surface area contributed by atoms with E-state index >= 15 is 0 Å².